The molecule has 0 bridgehead atoms. The second kappa shape index (κ2) is 23.1. The topological polar surface area (TPSA) is 192 Å². The summed E-state index contributed by atoms with van der Waals surface area (Å²) in [7, 11) is 0. The molecule has 1 aliphatic heterocycles. The molecule has 0 aromatic heterocycles. The smallest absolute Gasteiger partial charge is 0.410 e. The summed E-state index contributed by atoms with van der Waals surface area (Å²) in [5.41, 5.74) is 2.93. The van der Waals surface area contributed by atoms with E-state index in [-0.39, 0.29) is 89.3 Å². The molecule has 66 heavy (non-hydrogen) atoms. The van der Waals surface area contributed by atoms with Crippen molar-refractivity contribution in [3.8, 4) is 17.2 Å². The molecule has 1 fully saturated rings. The monoisotopic (exact) mass is 907 g/mol. The number of allylic oxidation sites excluding steroid dienone is 1. The highest BCUT2D eigenvalue weighted by atomic mass is 16.7. The SMILES string of the molecule is C=CCO[C@@]12Oc3ccc(Oc4ccc5ccccc5c4)cc3[C@H]3[C@H](CCCCO)[C@@H](CCCCO)C=C(C(=NOCc4ccc([N+](=O)[O-])cc4)C[C@@H]1N(CCOCCO)C(=O)OCC)[C@H]32. The third-order valence-electron chi connectivity index (χ3n) is 12.7. The van der Waals surface area contributed by atoms with Crippen LogP contribution in [0.4, 0.5) is 10.5 Å². The molecule has 7 rings (SSSR count). The van der Waals surface area contributed by atoms with Crippen molar-refractivity contribution in [1.82, 2.24) is 4.90 Å². The van der Waals surface area contributed by atoms with Gasteiger partial charge in [0.2, 0.25) is 5.79 Å². The molecule has 1 saturated carbocycles. The zero-order valence-corrected chi connectivity index (χ0v) is 37.5. The predicted octanol–water partition coefficient (Wildman–Crippen LogP) is 8.84. The molecule has 15 heteroatoms. The number of amides is 1. The Morgan fingerprint density at radius 3 is 2.41 bits per heavy atom. The van der Waals surface area contributed by atoms with Crippen LogP contribution in [0, 0.1) is 27.9 Å². The van der Waals surface area contributed by atoms with E-state index in [1.54, 1.807) is 30.0 Å². The van der Waals surface area contributed by atoms with E-state index in [0.717, 1.165) is 47.6 Å². The fraction of sp³-hybridized carbons (Fsp3) is 0.451. The Kier molecular flexibility index (Phi) is 16.8. The lowest BCUT2D eigenvalue weighted by molar-refractivity contribution is -0.384. The third-order valence-corrected chi connectivity index (χ3v) is 12.7. The molecule has 4 aromatic rings. The molecule has 352 valence electrons. The summed E-state index contributed by atoms with van der Waals surface area (Å²) in [4.78, 5) is 32.9. The van der Waals surface area contributed by atoms with Crippen LogP contribution in [0.3, 0.4) is 0 Å². The lowest BCUT2D eigenvalue weighted by atomic mass is 9.55. The number of rotatable bonds is 24. The van der Waals surface area contributed by atoms with Crippen LogP contribution >= 0.6 is 0 Å². The minimum Gasteiger partial charge on any atom is -0.459 e. The molecule has 0 saturated heterocycles. The normalized spacial score (nSPS) is 22.4. The van der Waals surface area contributed by atoms with Gasteiger partial charge in [0.15, 0.2) is 0 Å². The summed E-state index contributed by atoms with van der Waals surface area (Å²) in [5, 5.41) is 47.8. The Morgan fingerprint density at radius 2 is 1.68 bits per heavy atom. The highest BCUT2D eigenvalue weighted by Gasteiger charge is 2.65. The van der Waals surface area contributed by atoms with Crippen LogP contribution in [-0.4, -0.2) is 102 Å². The highest BCUT2D eigenvalue weighted by molar-refractivity contribution is 6.03. The Morgan fingerprint density at radius 1 is 0.939 bits per heavy atom. The quantitative estimate of drug-likeness (QED) is 0.0262. The minimum absolute atomic E-state index is 0.0101. The van der Waals surface area contributed by atoms with E-state index in [0.29, 0.717) is 41.4 Å². The van der Waals surface area contributed by atoms with E-state index in [1.807, 2.05) is 54.6 Å². The number of nitro benzene ring substituents is 1. The Hall–Kier alpha value is -5.84. The number of benzene rings is 4. The van der Waals surface area contributed by atoms with E-state index in [4.69, 9.17) is 33.7 Å². The number of hydrogen-bond acceptors (Lipinski definition) is 13. The number of non-ortho nitro benzene ring substituents is 1. The Balaban J connectivity index is 1.41. The molecule has 2 aliphatic carbocycles. The molecule has 1 heterocycles. The molecule has 4 aromatic carbocycles. The van der Waals surface area contributed by atoms with Crippen LogP contribution in [0.2, 0.25) is 0 Å². The van der Waals surface area contributed by atoms with Crippen molar-refractivity contribution in [3.63, 3.8) is 0 Å². The van der Waals surface area contributed by atoms with Gasteiger partial charge < -0.3 is 43.8 Å². The fourth-order valence-corrected chi connectivity index (χ4v) is 9.89. The van der Waals surface area contributed by atoms with E-state index >= 15 is 0 Å². The summed E-state index contributed by atoms with van der Waals surface area (Å²) in [6, 6.07) is 25.1. The standard InChI is InChI=1S/C51H61N3O12/c1-3-27-63-51-47(53(50(58)62-4-2)23-28-61-29-26-57)33-45(52-64-34-35-15-18-39(19-16-35)54(59)60)43-31-38(13-7-9-24-55)42(14-8-10-25-56)48(49(43)51)44-32-41(21-22-46(44)66-51)65-40-20-17-36-11-5-6-12-37(36)30-40/h3,5-6,11-12,15-22,30-32,38,42,47-49,55-57H,1,4,7-10,13-14,23-29,33-34H2,2H3/t38-,42+,47-,48+,49+,51+/m0/s1. The first-order chi connectivity index (χ1) is 32.2. The molecule has 0 unspecified atom stereocenters. The van der Waals surface area contributed by atoms with Crippen molar-refractivity contribution in [1.29, 1.82) is 0 Å². The number of carbonyl (C=O) groups is 1. The number of carbonyl (C=O) groups excluding carboxylic acids is 1. The van der Waals surface area contributed by atoms with Crippen molar-refractivity contribution < 1.29 is 53.6 Å². The molecule has 3 aliphatic rings. The van der Waals surface area contributed by atoms with Gasteiger partial charge in [-0.1, -0.05) is 60.5 Å². The molecule has 3 N–H and O–H groups in total. The largest absolute Gasteiger partial charge is 0.459 e. The van der Waals surface area contributed by atoms with Gasteiger partial charge in [0.25, 0.3) is 5.69 Å². The van der Waals surface area contributed by atoms with Gasteiger partial charge in [-0.05, 0) is 109 Å². The van der Waals surface area contributed by atoms with Crippen molar-refractivity contribution in [2.24, 2.45) is 22.9 Å². The number of nitrogens with zero attached hydrogens (tertiary/aromatic N) is 3. The lowest BCUT2D eigenvalue weighted by Crippen LogP contribution is -2.70. The lowest BCUT2D eigenvalue weighted by Gasteiger charge is -2.59. The number of unbranched alkanes of at least 4 members (excludes halogenated alkanes) is 2. The van der Waals surface area contributed by atoms with Gasteiger partial charge in [-0.3, -0.25) is 15.0 Å². The third kappa shape index (κ3) is 10.9. The first kappa shape index (κ1) is 48.1. The average Bonchev–Trinajstić information content (AvgIpc) is 3.32. The van der Waals surface area contributed by atoms with Crippen LogP contribution in [0.15, 0.2) is 114 Å². The second-order valence-electron chi connectivity index (χ2n) is 16.8. The highest BCUT2D eigenvalue weighted by Crippen LogP contribution is 2.62. The van der Waals surface area contributed by atoms with Crippen LogP contribution in [0.25, 0.3) is 10.8 Å². The number of hydrogen-bond donors (Lipinski definition) is 3. The van der Waals surface area contributed by atoms with Crippen molar-refractivity contribution >= 4 is 28.3 Å². The van der Waals surface area contributed by atoms with Gasteiger partial charge in [0.1, 0.15) is 29.9 Å². The summed E-state index contributed by atoms with van der Waals surface area (Å²) in [6.45, 7) is 6.05. The van der Waals surface area contributed by atoms with Crippen molar-refractivity contribution in [2.45, 2.75) is 76.2 Å². The molecule has 0 spiro atoms. The van der Waals surface area contributed by atoms with Gasteiger partial charge in [0, 0.05) is 49.8 Å². The van der Waals surface area contributed by atoms with Gasteiger partial charge in [-0.15, -0.1) is 6.58 Å². The molecule has 0 radical (unpaired) electrons. The zero-order chi connectivity index (χ0) is 46.5. The fourth-order valence-electron chi connectivity index (χ4n) is 9.89. The van der Waals surface area contributed by atoms with E-state index in [2.05, 4.69) is 18.7 Å². The van der Waals surface area contributed by atoms with Crippen molar-refractivity contribution in [2.75, 3.05) is 52.8 Å². The number of ether oxygens (including phenoxy) is 5. The summed E-state index contributed by atoms with van der Waals surface area (Å²) >= 11 is 0. The summed E-state index contributed by atoms with van der Waals surface area (Å²) in [5.74, 6) is -0.637. The Bertz CT molecular complexity index is 2340. The van der Waals surface area contributed by atoms with E-state index in [9.17, 15) is 30.2 Å². The first-order valence-corrected chi connectivity index (χ1v) is 23.0. The predicted molar refractivity (Wildman–Crippen MR) is 248 cm³/mol. The van der Waals surface area contributed by atoms with Crippen LogP contribution in [0.5, 0.6) is 17.2 Å². The van der Waals surface area contributed by atoms with Crippen LogP contribution < -0.4 is 9.47 Å². The molecule has 15 nitrogen and oxygen atoms in total. The first-order valence-electron chi connectivity index (χ1n) is 23.0. The number of aliphatic hydroxyl groups excluding tert-OH is 3. The van der Waals surface area contributed by atoms with Gasteiger partial charge in [-0.2, -0.15) is 0 Å². The maximum absolute atomic E-state index is 14.3. The van der Waals surface area contributed by atoms with E-state index < -0.39 is 28.8 Å². The van der Waals surface area contributed by atoms with Gasteiger partial charge >= 0.3 is 6.09 Å². The number of aliphatic hydroxyl groups is 3. The van der Waals surface area contributed by atoms with Crippen LogP contribution in [-0.2, 0) is 25.7 Å². The van der Waals surface area contributed by atoms with Crippen LogP contribution in [0.1, 0.15) is 68.9 Å². The number of fused-ring (bicyclic) bond motifs is 3. The second-order valence-corrected chi connectivity index (χ2v) is 16.8. The molecular weight excluding hydrogens is 847 g/mol. The van der Waals surface area contributed by atoms with E-state index in [1.165, 1.54) is 12.1 Å². The number of oxime groups is 1. The maximum atomic E-state index is 14.3. The van der Waals surface area contributed by atoms with Gasteiger partial charge in [0.05, 0.1) is 49.6 Å². The van der Waals surface area contributed by atoms with Crippen molar-refractivity contribution in [3.05, 3.63) is 130 Å². The summed E-state index contributed by atoms with van der Waals surface area (Å²) in [6.07, 6.45) is 7.65. The number of nitro groups is 1. The minimum atomic E-state index is -1.54. The maximum Gasteiger partial charge on any atom is 0.410 e. The molecular formula is C51H61N3O12. The Labute approximate surface area is 385 Å². The van der Waals surface area contributed by atoms with Gasteiger partial charge in [-0.25, -0.2) is 4.79 Å². The zero-order valence-electron chi connectivity index (χ0n) is 37.5. The molecule has 1 amide bonds. The molecule has 6 atom stereocenters. The average molecular weight is 908 g/mol. The summed E-state index contributed by atoms with van der Waals surface area (Å²) < 4.78 is 32.4.